The van der Waals surface area contributed by atoms with E-state index in [-0.39, 0.29) is 6.04 Å². The summed E-state index contributed by atoms with van der Waals surface area (Å²) >= 11 is 0. The first-order valence-electron chi connectivity index (χ1n) is 7.87. The second-order valence-electron chi connectivity index (χ2n) is 6.00. The van der Waals surface area contributed by atoms with Crippen LogP contribution in [0.5, 0.6) is 0 Å². The van der Waals surface area contributed by atoms with Crippen molar-refractivity contribution in [2.45, 2.75) is 51.7 Å². The highest BCUT2D eigenvalue weighted by Crippen LogP contribution is 2.31. The summed E-state index contributed by atoms with van der Waals surface area (Å²) in [5.74, 6) is 0.772. The summed E-state index contributed by atoms with van der Waals surface area (Å²) in [4.78, 5) is 4.55. The Morgan fingerprint density at radius 3 is 2.67 bits per heavy atom. The fourth-order valence-electron chi connectivity index (χ4n) is 2.64. The van der Waals surface area contributed by atoms with Gasteiger partial charge in [0, 0.05) is 6.54 Å². The van der Waals surface area contributed by atoms with Crippen molar-refractivity contribution in [1.82, 2.24) is 10.6 Å². The number of aryl methyl sites for hydroxylation is 1. The van der Waals surface area contributed by atoms with E-state index < -0.39 is 5.60 Å². The lowest BCUT2D eigenvalue weighted by molar-refractivity contribution is -0.0236. The lowest BCUT2D eigenvalue weighted by atomic mass is 9.80. The first-order valence-corrected chi connectivity index (χ1v) is 7.87. The molecular formula is C17H27N3O. The lowest BCUT2D eigenvalue weighted by Crippen LogP contribution is -2.43. The van der Waals surface area contributed by atoms with Gasteiger partial charge < -0.3 is 15.7 Å². The van der Waals surface area contributed by atoms with Gasteiger partial charge in [-0.15, -0.1) is 0 Å². The van der Waals surface area contributed by atoms with Crippen LogP contribution in [0.1, 0.15) is 50.3 Å². The Bertz CT molecular complexity index is 495. The van der Waals surface area contributed by atoms with Crippen LogP contribution in [-0.4, -0.2) is 29.8 Å². The summed E-state index contributed by atoms with van der Waals surface area (Å²) in [5.41, 5.74) is 1.96. The van der Waals surface area contributed by atoms with E-state index in [0.29, 0.717) is 6.54 Å². The highest BCUT2D eigenvalue weighted by atomic mass is 16.3. The first kappa shape index (κ1) is 15.8. The molecule has 0 saturated heterocycles. The average Bonchev–Trinajstić information content (AvgIpc) is 2.43. The second kappa shape index (κ2) is 6.94. The third-order valence-corrected chi connectivity index (χ3v) is 4.17. The van der Waals surface area contributed by atoms with Crippen LogP contribution in [-0.2, 0) is 0 Å². The molecule has 1 fully saturated rings. The number of nitrogens with one attached hydrogen (secondary N) is 2. The molecule has 1 saturated carbocycles. The zero-order chi connectivity index (χ0) is 15.3. The smallest absolute Gasteiger partial charge is 0.191 e. The maximum absolute atomic E-state index is 10.2. The highest BCUT2D eigenvalue weighted by Gasteiger charge is 2.34. The van der Waals surface area contributed by atoms with Gasteiger partial charge in [-0.1, -0.05) is 24.3 Å². The van der Waals surface area contributed by atoms with E-state index in [1.54, 1.807) is 0 Å². The normalized spacial score (nSPS) is 18.8. The molecule has 0 aliphatic heterocycles. The minimum absolute atomic E-state index is 0.181. The largest absolute Gasteiger partial charge is 0.388 e. The number of benzene rings is 1. The molecule has 0 heterocycles. The molecule has 4 nitrogen and oxygen atoms in total. The molecule has 1 aromatic carbocycles. The summed E-state index contributed by atoms with van der Waals surface area (Å²) in [6.07, 6.45) is 2.84. The third kappa shape index (κ3) is 4.21. The van der Waals surface area contributed by atoms with Crippen molar-refractivity contribution in [1.29, 1.82) is 0 Å². The molecule has 0 spiro atoms. The monoisotopic (exact) mass is 289 g/mol. The van der Waals surface area contributed by atoms with Crippen molar-refractivity contribution in [3.63, 3.8) is 0 Å². The fraction of sp³-hybridized carbons (Fsp3) is 0.588. The molecule has 116 valence electrons. The molecule has 0 radical (unpaired) electrons. The van der Waals surface area contributed by atoms with Gasteiger partial charge in [0.05, 0.1) is 18.2 Å². The summed E-state index contributed by atoms with van der Waals surface area (Å²) in [5, 5.41) is 16.8. The Hall–Kier alpha value is -1.55. The number of hydrogen-bond donors (Lipinski definition) is 3. The van der Waals surface area contributed by atoms with Gasteiger partial charge in [0.1, 0.15) is 0 Å². The van der Waals surface area contributed by atoms with Crippen LogP contribution in [0.25, 0.3) is 0 Å². The van der Waals surface area contributed by atoms with Crippen molar-refractivity contribution >= 4 is 5.96 Å². The van der Waals surface area contributed by atoms with Gasteiger partial charge in [-0.05, 0) is 51.2 Å². The van der Waals surface area contributed by atoms with Crippen molar-refractivity contribution in [2.75, 3.05) is 13.1 Å². The summed E-state index contributed by atoms with van der Waals surface area (Å²) in [6.45, 7) is 7.59. The lowest BCUT2D eigenvalue weighted by Gasteiger charge is -2.35. The van der Waals surface area contributed by atoms with E-state index in [1.807, 2.05) is 6.92 Å². The predicted molar refractivity (Wildman–Crippen MR) is 87.5 cm³/mol. The van der Waals surface area contributed by atoms with E-state index in [4.69, 9.17) is 0 Å². The second-order valence-corrected chi connectivity index (χ2v) is 6.00. The van der Waals surface area contributed by atoms with Crippen LogP contribution in [0.4, 0.5) is 0 Å². The molecule has 4 heteroatoms. The van der Waals surface area contributed by atoms with Crippen LogP contribution in [0, 0.1) is 6.92 Å². The summed E-state index contributed by atoms with van der Waals surface area (Å²) < 4.78 is 0. The quantitative estimate of drug-likeness (QED) is 0.577. The molecule has 1 aliphatic carbocycles. The van der Waals surface area contributed by atoms with E-state index in [1.165, 1.54) is 11.1 Å². The minimum Gasteiger partial charge on any atom is -0.388 e. The van der Waals surface area contributed by atoms with Crippen molar-refractivity contribution in [2.24, 2.45) is 4.99 Å². The van der Waals surface area contributed by atoms with Crippen LogP contribution >= 0.6 is 0 Å². The topological polar surface area (TPSA) is 56.7 Å². The van der Waals surface area contributed by atoms with Crippen LogP contribution in [0.2, 0.25) is 0 Å². The Balaban J connectivity index is 2.01. The van der Waals surface area contributed by atoms with Gasteiger partial charge in [0.2, 0.25) is 0 Å². The van der Waals surface area contributed by atoms with Gasteiger partial charge in [-0.3, -0.25) is 4.99 Å². The van der Waals surface area contributed by atoms with E-state index >= 15 is 0 Å². The highest BCUT2D eigenvalue weighted by molar-refractivity contribution is 5.80. The van der Waals surface area contributed by atoms with Crippen molar-refractivity contribution < 1.29 is 5.11 Å². The molecule has 1 aromatic rings. The van der Waals surface area contributed by atoms with Gasteiger partial charge in [-0.2, -0.15) is 0 Å². The minimum atomic E-state index is -0.575. The number of aliphatic hydroxyl groups is 1. The number of aliphatic imine (C=N–C) groups is 1. The molecular weight excluding hydrogens is 262 g/mol. The Labute approximate surface area is 127 Å². The van der Waals surface area contributed by atoms with Gasteiger partial charge >= 0.3 is 0 Å². The number of guanidine groups is 1. The summed E-state index contributed by atoms with van der Waals surface area (Å²) in [6, 6.07) is 8.54. The average molecular weight is 289 g/mol. The predicted octanol–water partition coefficient (Wildman–Crippen LogP) is 2.53. The molecule has 0 bridgehead atoms. The Morgan fingerprint density at radius 1 is 1.38 bits per heavy atom. The first-order chi connectivity index (χ1) is 10.0. The Kier molecular flexibility index (Phi) is 5.23. The maximum Gasteiger partial charge on any atom is 0.191 e. The van der Waals surface area contributed by atoms with E-state index in [9.17, 15) is 5.11 Å². The zero-order valence-corrected chi connectivity index (χ0v) is 13.3. The maximum atomic E-state index is 10.2. The van der Waals surface area contributed by atoms with Gasteiger partial charge in [0.15, 0.2) is 5.96 Å². The molecule has 21 heavy (non-hydrogen) atoms. The van der Waals surface area contributed by atoms with Crippen LogP contribution < -0.4 is 10.6 Å². The molecule has 0 aromatic heterocycles. The molecule has 1 unspecified atom stereocenters. The van der Waals surface area contributed by atoms with Gasteiger partial charge in [0.25, 0.3) is 0 Å². The van der Waals surface area contributed by atoms with E-state index in [0.717, 1.165) is 31.8 Å². The molecule has 2 rings (SSSR count). The number of rotatable bonds is 5. The third-order valence-electron chi connectivity index (χ3n) is 4.17. The SMILES string of the molecule is CCNC(=NCC1(O)CCC1)NC(C)c1ccccc1C. The fourth-order valence-corrected chi connectivity index (χ4v) is 2.64. The summed E-state index contributed by atoms with van der Waals surface area (Å²) in [7, 11) is 0. The van der Waals surface area contributed by atoms with Gasteiger partial charge in [-0.25, -0.2) is 0 Å². The van der Waals surface area contributed by atoms with Crippen LogP contribution in [0.15, 0.2) is 29.3 Å². The standard InChI is InChI=1S/C17H27N3O/c1-4-18-16(19-12-17(21)10-7-11-17)20-14(3)15-9-6-5-8-13(15)2/h5-6,8-9,14,21H,4,7,10-12H2,1-3H3,(H2,18,19,20). The molecule has 1 atom stereocenters. The number of hydrogen-bond acceptors (Lipinski definition) is 2. The van der Waals surface area contributed by atoms with E-state index in [2.05, 4.69) is 53.7 Å². The molecule has 1 aliphatic rings. The number of nitrogens with zero attached hydrogens (tertiary/aromatic N) is 1. The molecule has 3 N–H and O–H groups in total. The van der Waals surface area contributed by atoms with Crippen molar-refractivity contribution in [3.8, 4) is 0 Å². The Morgan fingerprint density at radius 2 is 2.10 bits per heavy atom. The van der Waals surface area contributed by atoms with Crippen LogP contribution in [0.3, 0.4) is 0 Å². The zero-order valence-electron chi connectivity index (χ0n) is 13.3. The van der Waals surface area contributed by atoms with Crippen molar-refractivity contribution in [3.05, 3.63) is 35.4 Å². The molecule has 0 amide bonds.